The van der Waals surface area contributed by atoms with Gasteiger partial charge in [-0.05, 0) is 32.6 Å². The van der Waals surface area contributed by atoms with Crippen LogP contribution in [0.25, 0.3) is 0 Å². The summed E-state index contributed by atoms with van der Waals surface area (Å²) in [7, 11) is 0. The van der Waals surface area contributed by atoms with E-state index in [1.165, 1.54) is 135 Å². The van der Waals surface area contributed by atoms with Crippen molar-refractivity contribution in [1.82, 2.24) is 10.6 Å². The molecule has 11 nitrogen and oxygen atoms in total. The van der Waals surface area contributed by atoms with Crippen LogP contribution in [0.2, 0.25) is 0 Å². The number of hydrogen-bond acceptors (Lipinski definition) is 9. The van der Waals surface area contributed by atoms with Crippen LogP contribution in [-0.2, 0) is 33.2 Å². The number of alkyl carbamates (subject to hydrolysis) is 2. The lowest BCUT2D eigenvalue weighted by atomic mass is 10.1. The average Bonchev–Trinajstić information content (AvgIpc) is 3.21. The van der Waals surface area contributed by atoms with Crippen LogP contribution in [0.4, 0.5) is 9.59 Å². The molecule has 0 saturated carbocycles. The Hall–Kier alpha value is -1.66. The largest absolute Gasteiger partial charge is 0.449 e. The first-order valence-electron chi connectivity index (χ1n) is 24.5. The van der Waals surface area contributed by atoms with Crippen molar-refractivity contribution in [2.45, 2.75) is 214 Å². The SMILES string of the molecule is CCCCCCCCCCCCCCOC[C@@H](COC(=O)NCCOCCOCCNC(=O)OCCC(C)(C)OCC(C)C)OCCCCCCCCCCCCCC. The Kier molecular flexibility index (Phi) is 43.1. The van der Waals surface area contributed by atoms with Crippen molar-refractivity contribution in [2.75, 3.05) is 79.2 Å². The zero-order valence-corrected chi connectivity index (χ0v) is 39.5. The van der Waals surface area contributed by atoms with E-state index in [9.17, 15) is 9.59 Å². The Morgan fingerprint density at radius 1 is 0.458 bits per heavy atom. The standard InChI is InChI=1S/C48H96N2O9/c1-7-9-11-13-15-17-19-21-23-25-27-29-34-55-42-45(56-35-30-28-26-24-22-20-18-16-14-12-10-8-2)43-58-47(52)50-33-38-54-40-39-53-37-32-49-46(51)57-36-31-48(5,6)59-41-44(3)4/h44-45H,7-43H2,1-6H3,(H,49,51)(H,50,52)/t45-/m0/s1. The van der Waals surface area contributed by atoms with Gasteiger partial charge in [0.25, 0.3) is 0 Å². The molecule has 0 aliphatic heterocycles. The van der Waals surface area contributed by atoms with Crippen LogP contribution in [-0.4, -0.2) is 103 Å². The molecule has 0 aliphatic rings. The number of nitrogens with one attached hydrogen (secondary N) is 2. The summed E-state index contributed by atoms with van der Waals surface area (Å²) in [6, 6.07) is 0. The summed E-state index contributed by atoms with van der Waals surface area (Å²) in [5.41, 5.74) is -0.340. The van der Waals surface area contributed by atoms with E-state index in [-0.39, 0.29) is 24.9 Å². The number of unbranched alkanes of at least 4 members (excludes halogenated alkanes) is 22. The second kappa shape index (κ2) is 44.4. The molecule has 0 saturated heterocycles. The van der Waals surface area contributed by atoms with Gasteiger partial charge in [0.2, 0.25) is 0 Å². The summed E-state index contributed by atoms with van der Waals surface area (Å²) >= 11 is 0. The molecular formula is C48H96N2O9. The van der Waals surface area contributed by atoms with Crippen molar-refractivity contribution in [2.24, 2.45) is 5.92 Å². The summed E-state index contributed by atoms with van der Waals surface area (Å²) in [5, 5.41) is 5.43. The molecule has 0 spiro atoms. The Bertz CT molecular complexity index is 893. The van der Waals surface area contributed by atoms with Crippen LogP contribution in [0.15, 0.2) is 0 Å². The summed E-state index contributed by atoms with van der Waals surface area (Å²) < 4.78 is 39.8. The predicted molar refractivity (Wildman–Crippen MR) is 243 cm³/mol. The zero-order chi connectivity index (χ0) is 43.3. The summed E-state index contributed by atoms with van der Waals surface area (Å²) in [6.07, 6.45) is 30.8. The number of hydrogen-bond donors (Lipinski definition) is 2. The summed E-state index contributed by atoms with van der Waals surface area (Å²) in [4.78, 5) is 24.3. The Morgan fingerprint density at radius 2 is 0.881 bits per heavy atom. The maximum absolute atomic E-state index is 12.4. The molecule has 0 unspecified atom stereocenters. The van der Waals surface area contributed by atoms with E-state index in [1.807, 2.05) is 13.8 Å². The minimum Gasteiger partial charge on any atom is -0.449 e. The van der Waals surface area contributed by atoms with Gasteiger partial charge in [-0.1, -0.05) is 169 Å². The molecular weight excluding hydrogens is 749 g/mol. The Labute approximate surface area is 363 Å². The molecule has 0 bridgehead atoms. The van der Waals surface area contributed by atoms with Gasteiger partial charge >= 0.3 is 12.2 Å². The number of carbonyl (C=O) groups is 2. The van der Waals surface area contributed by atoms with Crippen molar-refractivity contribution in [1.29, 1.82) is 0 Å². The molecule has 0 fully saturated rings. The number of ether oxygens (including phenoxy) is 7. The smallest absolute Gasteiger partial charge is 0.407 e. The van der Waals surface area contributed by atoms with Crippen LogP contribution in [0.5, 0.6) is 0 Å². The Morgan fingerprint density at radius 3 is 1.34 bits per heavy atom. The van der Waals surface area contributed by atoms with Gasteiger partial charge in [0, 0.05) is 39.3 Å². The first-order valence-corrected chi connectivity index (χ1v) is 24.5. The molecule has 0 aromatic heterocycles. The maximum atomic E-state index is 12.4. The Balaban J connectivity index is 4.12. The van der Waals surface area contributed by atoms with Crippen molar-refractivity contribution >= 4 is 12.2 Å². The molecule has 0 aromatic rings. The highest BCUT2D eigenvalue weighted by atomic mass is 16.6. The van der Waals surface area contributed by atoms with Gasteiger partial charge in [0.15, 0.2) is 0 Å². The maximum Gasteiger partial charge on any atom is 0.407 e. The fourth-order valence-corrected chi connectivity index (χ4v) is 6.49. The van der Waals surface area contributed by atoms with Crippen molar-refractivity contribution in [3.8, 4) is 0 Å². The van der Waals surface area contributed by atoms with Crippen LogP contribution >= 0.6 is 0 Å². The molecule has 1 atom stereocenters. The van der Waals surface area contributed by atoms with Gasteiger partial charge in [0.1, 0.15) is 12.7 Å². The van der Waals surface area contributed by atoms with Gasteiger partial charge in [-0.2, -0.15) is 0 Å². The van der Waals surface area contributed by atoms with E-state index in [0.29, 0.717) is 78.3 Å². The second-order valence-corrected chi connectivity index (χ2v) is 17.4. The van der Waals surface area contributed by atoms with Gasteiger partial charge in [-0.3, -0.25) is 0 Å². The fourth-order valence-electron chi connectivity index (χ4n) is 6.49. The first-order chi connectivity index (χ1) is 28.7. The van der Waals surface area contributed by atoms with E-state index in [2.05, 4.69) is 38.3 Å². The van der Waals surface area contributed by atoms with Crippen molar-refractivity contribution < 1.29 is 42.7 Å². The minimum absolute atomic E-state index is 0.156. The highest BCUT2D eigenvalue weighted by molar-refractivity contribution is 5.67. The average molecular weight is 845 g/mol. The molecule has 0 radical (unpaired) electrons. The van der Waals surface area contributed by atoms with E-state index in [0.717, 1.165) is 19.3 Å². The van der Waals surface area contributed by atoms with Crippen molar-refractivity contribution in [3.63, 3.8) is 0 Å². The molecule has 2 amide bonds. The number of carbonyl (C=O) groups excluding carboxylic acids is 2. The third-order valence-corrected chi connectivity index (χ3v) is 10.3. The summed E-state index contributed by atoms with van der Waals surface area (Å²) in [6.45, 7) is 17.8. The van der Waals surface area contributed by atoms with E-state index >= 15 is 0 Å². The van der Waals surface area contributed by atoms with Gasteiger partial charge in [0.05, 0.1) is 45.2 Å². The van der Waals surface area contributed by atoms with Crippen molar-refractivity contribution in [3.05, 3.63) is 0 Å². The lowest BCUT2D eigenvalue weighted by Crippen LogP contribution is -2.33. The molecule has 0 aromatic carbocycles. The number of rotatable bonds is 46. The third-order valence-electron chi connectivity index (χ3n) is 10.3. The van der Waals surface area contributed by atoms with Crippen LogP contribution < -0.4 is 10.6 Å². The highest BCUT2D eigenvalue weighted by Crippen LogP contribution is 2.16. The third kappa shape index (κ3) is 45.7. The second-order valence-electron chi connectivity index (χ2n) is 17.4. The minimum atomic E-state index is -0.491. The molecule has 352 valence electrons. The quantitative estimate of drug-likeness (QED) is 0.0577. The zero-order valence-electron chi connectivity index (χ0n) is 39.5. The highest BCUT2D eigenvalue weighted by Gasteiger charge is 2.19. The molecule has 59 heavy (non-hydrogen) atoms. The lowest BCUT2D eigenvalue weighted by Gasteiger charge is -2.26. The van der Waals surface area contributed by atoms with Gasteiger partial charge < -0.3 is 43.8 Å². The predicted octanol–water partition coefficient (Wildman–Crippen LogP) is 12.1. The molecule has 0 rings (SSSR count). The molecule has 0 heterocycles. The molecule has 2 N–H and O–H groups in total. The van der Waals surface area contributed by atoms with E-state index < -0.39 is 12.2 Å². The molecule has 11 heteroatoms. The summed E-state index contributed by atoms with van der Waals surface area (Å²) in [5.74, 6) is 0.455. The van der Waals surface area contributed by atoms with Gasteiger partial charge in [-0.25, -0.2) is 9.59 Å². The normalized spacial score (nSPS) is 12.3. The van der Waals surface area contributed by atoms with Crippen LogP contribution in [0, 0.1) is 5.92 Å². The number of amides is 2. The monoisotopic (exact) mass is 845 g/mol. The van der Waals surface area contributed by atoms with E-state index in [1.54, 1.807) is 0 Å². The van der Waals surface area contributed by atoms with Crippen LogP contribution in [0.3, 0.4) is 0 Å². The van der Waals surface area contributed by atoms with Crippen LogP contribution in [0.1, 0.15) is 202 Å². The lowest BCUT2D eigenvalue weighted by molar-refractivity contribution is -0.0469. The molecule has 0 aliphatic carbocycles. The fraction of sp³-hybridized carbons (Fsp3) is 0.958. The topological polar surface area (TPSA) is 123 Å². The van der Waals surface area contributed by atoms with E-state index in [4.69, 9.17) is 33.2 Å². The first kappa shape index (κ1) is 57.3. The van der Waals surface area contributed by atoms with Gasteiger partial charge in [-0.15, -0.1) is 0 Å².